The van der Waals surface area contributed by atoms with Crippen molar-refractivity contribution in [3.63, 3.8) is 0 Å². The molecule has 2 nitrogen and oxygen atoms in total. The molecule has 0 saturated heterocycles. The van der Waals surface area contributed by atoms with Crippen LogP contribution in [0.3, 0.4) is 0 Å². The minimum atomic E-state index is -2.46. The zero-order chi connectivity index (χ0) is 9.42. The summed E-state index contributed by atoms with van der Waals surface area (Å²) in [4.78, 5) is 6.70. The van der Waals surface area contributed by atoms with Crippen molar-refractivity contribution in [1.82, 2.24) is 9.97 Å². The van der Waals surface area contributed by atoms with Gasteiger partial charge in [0.2, 0.25) is 0 Å². The first-order valence-corrected chi connectivity index (χ1v) is 4.39. The molecule has 0 amide bonds. The minimum Gasteiger partial charge on any atom is -0.346 e. The summed E-state index contributed by atoms with van der Waals surface area (Å²) in [6.45, 7) is 0. The highest BCUT2D eigenvalue weighted by Gasteiger charge is 2.13. The van der Waals surface area contributed by atoms with Crippen LogP contribution < -0.4 is 0 Å². The van der Waals surface area contributed by atoms with Crippen molar-refractivity contribution in [2.75, 3.05) is 0 Å². The van der Waals surface area contributed by atoms with Gasteiger partial charge in [-0.25, -0.2) is 13.8 Å². The van der Waals surface area contributed by atoms with E-state index in [2.05, 4.69) is 25.9 Å². The normalized spacial score (nSPS) is 11.4. The van der Waals surface area contributed by atoms with Crippen molar-refractivity contribution in [3.05, 3.63) is 28.5 Å². The molecule has 0 bridgehead atoms. The molecular weight excluding hydrogens is 242 g/mol. The van der Waals surface area contributed by atoms with Crippen molar-refractivity contribution in [2.24, 2.45) is 0 Å². The van der Waals surface area contributed by atoms with Gasteiger partial charge < -0.3 is 4.98 Å². The van der Waals surface area contributed by atoms with Crippen LogP contribution in [0.4, 0.5) is 8.78 Å². The fraction of sp³-hybridized carbons (Fsp3) is 0.125. The molecule has 13 heavy (non-hydrogen) atoms. The van der Waals surface area contributed by atoms with Crippen molar-refractivity contribution >= 4 is 27.0 Å². The van der Waals surface area contributed by atoms with Crippen LogP contribution in [0.1, 0.15) is 12.0 Å². The highest BCUT2D eigenvalue weighted by Crippen LogP contribution is 2.27. The Bertz CT molecular complexity index is 439. The third kappa shape index (κ3) is 1.44. The van der Waals surface area contributed by atoms with Gasteiger partial charge in [0.05, 0.1) is 0 Å². The number of hydrogen-bond donors (Lipinski definition) is 1. The van der Waals surface area contributed by atoms with Crippen LogP contribution in [0.25, 0.3) is 11.0 Å². The zero-order valence-corrected chi connectivity index (χ0v) is 7.98. The number of H-pyrrole nitrogens is 1. The first-order valence-electron chi connectivity index (χ1n) is 3.60. The van der Waals surface area contributed by atoms with E-state index in [1.807, 2.05) is 0 Å². The van der Waals surface area contributed by atoms with Gasteiger partial charge in [-0.1, -0.05) is 0 Å². The van der Waals surface area contributed by atoms with E-state index in [4.69, 9.17) is 0 Å². The number of fused-ring (bicyclic) bond motifs is 1. The van der Waals surface area contributed by atoms with Crippen LogP contribution >= 0.6 is 15.9 Å². The Hall–Kier alpha value is -0.970. The Balaban J connectivity index is 2.69. The molecule has 1 N–H and O–H groups in total. The monoisotopic (exact) mass is 246 g/mol. The maximum absolute atomic E-state index is 12.4. The first-order chi connectivity index (χ1) is 6.18. The van der Waals surface area contributed by atoms with E-state index in [9.17, 15) is 8.78 Å². The van der Waals surface area contributed by atoms with Gasteiger partial charge in [0.15, 0.2) is 0 Å². The molecule has 0 atom stereocenters. The number of halogens is 3. The maximum atomic E-state index is 12.4. The molecule has 0 saturated carbocycles. The van der Waals surface area contributed by atoms with Crippen LogP contribution in [0, 0.1) is 0 Å². The summed E-state index contributed by atoms with van der Waals surface area (Å²) in [5.74, 6) is 0. The van der Waals surface area contributed by atoms with Crippen molar-refractivity contribution in [1.29, 1.82) is 0 Å². The summed E-state index contributed by atoms with van der Waals surface area (Å²) in [7, 11) is 0. The Morgan fingerprint density at radius 3 is 2.85 bits per heavy atom. The molecule has 2 heterocycles. The van der Waals surface area contributed by atoms with E-state index >= 15 is 0 Å². The van der Waals surface area contributed by atoms with E-state index in [1.54, 1.807) is 12.1 Å². The van der Waals surface area contributed by atoms with Gasteiger partial charge in [-0.2, -0.15) is 0 Å². The van der Waals surface area contributed by atoms with Crippen molar-refractivity contribution in [2.45, 2.75) is 6.43 Å². The maximum Gasteiger partial charge on any atom is 0.265 e. The lowest BCUT2D eigenvalue weighted by Crippen LogP contribution is -1.81. The molecule has 2 aromatic heterocycles. The Kier molecular flexibility index (Phi) is 2.03. The Morgan fingerprint density at radius 1 is 1.38 bits per heavy atom. The molecule has 0 unspecified atom stereocenters. The molecule has 68 valence electrons. The zero-order valence-electron chi connectivity index (χ0n) is 6.39. The van der Waals surface area contributed by atoms with Crippen molar-refractivity contribution < 1.29 is 8.78 Å². The van der Waals surface area contributed by atoms with Gasteiger partial charge in [-0.05, 0) is 28.1 Å². The molecule has 2 rings (SSSR count). The van der Waals surface area contributed by atoms with Gasteiger partial charge in [0.1, 0.15) is 10.3 Å². The van der Waals surface area contributed by atoms with Gasteiger partial charge >= 0.3 is 0 Å². The minimum absolute atomic E-state index is 0.00463. The summed E-state index contributed by atoms with van der Waals surface area (Å²) in [5.41, 5.74) is 0.472. The second-order valence-electron chi connectivity index (χ2n) is 2.57. The first kappa shape index (κ1) is 8.62. The summed E-state index contributed by atoms with van der Waals surface area (Å²) in [6.07, 6.45) is -1.17. The predicted octanol–water partition coefficient (Wildman–Crippen LogP) is 3.26. The molecule has 0 aliphatic heterocycles. The molecular formula is C8H5BrF2N2. The predicted molar refractivity (Wildman–Crippen MR) is 48.8 cm³/mol. The van der Waals surface area contributed by atoms with Crippen molar-refractivity contribution in [3.8, 4) is 0 Å². The number of pyridine rings is 1. The van der Waals surface area contributed by atoms with Crippen LogP contribution in [0.2, 0.25) is 0 Å². The largest absolute Gasteiger partial charge is 0.346 e. The van der Waals surface area contributed by atoms with E-state index in [0.29, 0.717) is 15.6 Å². The second-order valence-corrected chi connectivity index (χ2v) is 3.39. The average molecular weight is 247 g/mol. The number of aromatic amines is 1. The van der Waals surface area contributed by atoms with Gasteiger partial charge in [-0.15, -0.1) is 0 Å². The third-order valence-corrected chi connectivity index (χ3v) is 2.21. The van der Waals surface area contributed by atoms with Crippen LogP contribution in [0.5, 0.6) is 0 Å². The third-order valence-electron chi connectivity index (χ3n) is 1.77. The molecule has 0 aromatic carbocycles. The fourth-order valence-corrected chi connectivity index (χ4v) is 1.49. The van der Waals surface area contributed by atoms with E-state index in [-0.39, 0.29) is 5.56 Å². The molecule has 5 heteroatoms. The molecule has 0 aliphatic carbocycles. The molecule has 0 fully saturated rings. The lowest BCUT2D eigenvalue weighted by molar-refractivity contribution is 0.153. The SMILES string of the molecule is FC(F)c1c[nH]c2nc(Br)ccc12. The Morgan fingerprint density at radius 2 is 2.15 bits per heavy atom. The Labute approximate surface area is 81.1 Å². The van der Waals surface area contributed by atoms with Gasteiger partial charge in [-0.3, -0.25) is 0 Å². The van der Waals surface area contributed by atoms with E-state index < -0.39 is 6.43 Å². The van der Waals surface area contributed by atoms with Crippen LogP contribution in [-0.2, 0) is 0 Å². The van der Waals surface area contributed by atoms with E-state index in [1.165, 1.54) is 6.20 Å². The average Bonchev–Trinajstić information content (AvgIpc) is 2.46. The van der Waals surface area contributed by atoms with Gasteiger partial charge in [0.25, 0.3) is 6.43 Å². The topological polar surface area (TPSA) is 28.7 Å². The molecule has 0 aliphatic rings. The second kappa shape index (κ2) is 3.06. The van der Waals surface area contributed by atoms with Crippen LogP contribution in [0.15, 0.2) is 22.9 Å². The van der Waals surface area contributed by atoms with E-state index in [0.717, 1.165) is 0 Å². The molecule has 2 aromatic rings. The van der Waals surface area contributed by atoms with Crippen LogP contribution in [-0.4, -0.2) is 9.97 Å². The fourth-order valence-electron chi connectivity index (χ4n) is 1.18. The highest BCUT2D eigenvalue weighted by molar-refractivity contribution is 9.10. The quantitative estimate of drug-likeness (QED) is 0.769. The number of alkyl halides is 2. The summed E-state index contributed by atoms with van der Waals surface area (Å²) in [5, 5.41) is 0.471. The summed E-state index contributed by atoms with van der Waals surface area (Å²) >= 11 is 3.16. The molecule has 0 radical (unpaired) electrons. The lowest BCUT2D eigenvalue weighted by atomic mass is 10.2. The molecule has 0 spiro atoms. The highest BCUT2D eigenvalue weighted by atomic mass is 79.9. The van der Waals surface area contributed by atoms with Gasteiger partial charge in [0, 0.05) is 17.1 Å². The standard InChI is InChI=1S/C8H5BrF2N2/c9-6-2-1-4-5(7(10)11)3-12-8(4)13-6/h1-3,7H,(H,12,13). The number of nitrogens with one attached hydrogen (secondary N) is 1. The number of aromatic nitrogens is 2. The lowest BCUT2D eigenvalue weighted by Gasteiger charge is -1.95. The number of hydrogen-bond acceptors (Lipinski definition) is 1. The number of nitrogens with zero attached hydrogens (tertiary/aromatic N) is 1. The smallest absolute Gasteiger partial charge is 0.265 e. The number of rotatable bonds is 1. The summed E-state index contributed by atoms with van der Waals surface area (Å²) in [6, 6.07) is 3.26. The summed E-state index contributed by atoms with van der Waals surface area (Å²) < 4.78 is 25.4.